The van der Waals surface area contributed by atoms with E-state index in [-0.39, 0.29) is 11.8 Å². The number of hydrogen-bond donors (Lipinski definition) is 2. The SMILES string of the molecule is CCCN1CCCC(C(C)NCCNC(=O)C(C)C)C1. The third kappa shape index (κ3) is 6.23. The van der Waals surface area contributed by atoms with Crippen LogP contribution in [0, 0.1) is 11.8 Å². The number of hydrogen-bond acceptors (Lipinski definition) is 3. The van der Waals surface area contributed by atoms with Gasteiger partial charge in [0.1, 0.15) is 0 Å². The van der Waals surface area contributed by atoms with Gasteiger partial charge in [-0.1, -0.05) is 20.8 Å². The van der Waals surface area contributed by atoms with Crippen molar-refractivity contribution in [3.05, 3.63) is 0 Å². The predicted octanol–water partition coefficient (Wildman–Crippen LogP) is 1.86. The second-order valence-corrected chi connectivity index (χ2v) is 6.39. The Balaban J connectivity index is 2.18. The van der Waals surface area contributed by atoms with Gasteiger partial charge in [-0.25, -0.2) is 0 Å². The zero-order valence-electron chi connectivity index (χ0n) is 13.7. The van der Waals surface area contributed by atoms with Gasteiger partial charge in [-0.15, -0.1) is 0 Å². The van der Waals surface area contributed by atoms with E-state index >= 15 is 0 Å². The van der Waals surface area contributed by atoms with Crippen molar-refractivity contribution in [1.29, 1.82) is 0 Å². The lowest BCUT2D eigenvalue weighted by atomic mass is 9.91. The molecule has 1 aliphatic heterocycles. The molecule has 1 saturated heterocycles. The molecule has 2 N–H and O–H groups in total. The Morgan fingerprint density at radius 2 is 2.05 bits per heavy atom. The molecule has 0 aromatic rings. The van der Waals surface area contributed by atoms with Gasteiger partial charge < -0.3 is 15.5 Å². The highest BCUT2D eigenvalue weighted by atomic mass is 16.1. The highest BCUT2D eigenvalue weighted by Gasteiger charge is 2.23. The maximum Gasteiger partial charge on any atom is 0.222 e. The summed E-state index contributed by atoms with van der Waals surface area (Å²) in [4.78, 5) is 14.0. The maximum absolute atomic E-state index is 11.5. The van der Waals surface area contributed by atoms with Crippen LogP contribution in [0.4, 0.5) is 0 Å². The lowest BCUT2D eigenvalue weighted by Crippen LogP contribution is -2.46. The van der Waals surface area contributed by atoms with Crippen molar-refractivity contribution in [2.75, 3.05) is 32.7 Å². The van der Waals surface area contributed by atoms with Crippen LogP contribution in [-0.4, -0.2) is 49.6 Å². The Kier molecular flexibility index (Phi) is 8.15. The molecule has 1 amide bonds. The summed E-state index contributed by atoms with van der Waals surface area (Å²) in [5, 5.41) is 6.53. The molecule has 0 bridgehead atoms. The summed E-state index contributed by atoms with van der Waals surface area (Å²) in [6, 6.07) is 0.533. The molecule has 1 aliphatic rings. The van der Waals surface area contributed by atoms with Crippen LogP contribution in [-0.2, 0) is 4.79 Å². The Hall–Kier alpha value is -0.610. The van der Waals surface area contributed by atoms with Crippen LogP contribution in [0.3, 0.4) is 0 Å². The molecular formula is C16H33N3O. The number of piperidine rings is 1. The van der Waals surface area contributed by atoms with Crippen molar-refractivity contribution < 1.29 is 4.79 Å². The standard InChI is InChI=1S/C16H33N3O/c1-5-10-19-11-6-7-15(12-19)14(4)17-8-9-18-16(20)13(2)3/h13-15,17H,5-12H2,1-4H3,(H,18,20). The molecule has 1 fully saturated rings. The van der Waals surface area contributed by atoms with Gasteiger partial charge in [0, 0.05) is 31.6 Å². The van der Waals surface area contributed by atoms with Gasteiger partial charge >= 0.3 is 0 Å². The van der Waals surface area contributed by atoms with Crippen molar-refractivity contribution in [1.82, 2.24) is 15.5 Å². The zero-order chi connectivity index (χ0) is 15.0. The molecule has 0 aromatic carbocycles. The quantitative estimate of drug-likeness (QED) is 0.668. The summed E-state index contributed by atoms with van der Waals surface area (Å²) in [5.41, 5.74) is 0. The first-order chi connectivity index (χ1) is 9.54. The lowest BCUT2D eigenvalue weighted by molar-refractivity contribution is -0.123. The summed E-state index contributed by atoms with van der Waals surface area (Å²) in [6.45, 7) is 13.7. The molecule has 20 heavy (non-hydrogen) atoms. The maximum atomic E-state index is 11.5. The average molecular weight is 283 g/mol. The second-order valence-electron chi connectivity index (χ2n) is 6.39. The molecular weight excluding hydrogens is 250 g/mol. The van der Waals surface area contributed by atoms with Crippen molar-refractivity contribution in [2.24, 2.45) is 11.8 Å². The van der Waals surface area contributed by atoms with Crippen molar-refractivity contribution in [3.63, 3.8) is 0 Å². The first kappa shape index (κ1) is 17.4. The van der Waals surface area contributed by atoms with E-state index in [0.717, 1.165) is 19.0 Å². The Bertz CT molecular complexity index is 279. The number of nitrogens with one attached hydrogen (secondary N) is 2. The van der Waals surface area contributed by atoms with E-state index in [1.165, 1.54) is 38.9 Å². The molecule has 0 saturated carbocycles. The molecule has 0 aliphatic carbocycles. The molecule has 2 unspecified atom stereocenters. The van der Waals surface area contributed by atoms with E-state index in [9.17, 15) is 4.79 Å². The minimum Gasteiger partial charge on any atom is -0.355 e. The van der Waals surface area contributed by atoms with Gasteiger partial charge in [-0.05, 0) is 45.2 Å². The minimum absolute atomic E-state index is 0.0772. The number of nitrogens with zero attached hydrogens (tertiary/aromatic N) is 1. The number of amides is 1. The average Bonchev–Trinajstić information content (AvgIpc) is 2.43. The van der Waals surface area contributed by atoms with E-state index in [2.05, 4.69) is 29.4 Å². The van der Waals surface area contributed by atoms with Crippen LogP contribution < -0.4 is 10.6 Å². The molecule has 0 spiro atoms. The first-order valence-corrected chi connectivity index (χ1v) is 8.28. The van der Waals surface area contributed by atoms with Crippen LogP contribution in [0.15, 0.2) is 0 Å². The van der Waals surface area contributed by atoms with Crippen LogP contribution in [0.25, 0.3) is 0 Å². The van der Waals surface area contributed by atoms with E-state index in [1.807, 2.05) is 13.8 Å². The summed E-state index contributed by atoms with van der Waals surface area (Å²) in [7, 11) is 0. The lowest BCUT2D eigenvalue weighted by Gasteiger charge is -2.36. The topological polar surface area (TPSA) is 44.4 Å². The highest BCUT2D eigenvalue weighted by Crippen LogP contribution is 2.19. The minimum atomic E-state index is 0.0772. The smallest absolute Gasteiger partial charge is 0.222 e. The summed E-state index contributed by atoms with van der Waals surface area (Å²) < 4.78 is 0. The Labute approximate surface area is 124 Å². The summed E-state index contributed by atoms with van der Waals surface area (Å²) in [6.07, 6.45) is 3.89. The molecule has 2 atom stereocenters. The van der Waals surface area contributed by atoms with Gasteiger partial charge in [-0.2, -0.15) is 0 Å². The third-order valence-electron chi connectivity index (χ3n) is 4.20. The highest BCUT2D eigenvalue weighted by molar-refractivity contribution is 5.77. The molecule has 118 valence electrons. The monoisotopic (exact) mass is 283 g/mol. The fourth-order valence-corrected chi connectivity index (χ4v) is 2.88. The molecule has 1 rings (SSSR count). The zero-order valence-corrected chi connectivity index (χ0v) is 13.7. The van der Waals surface area contributed by atoms with E-state index in [1.54, 1.807) is 0 Å². The largest absolute Gasteiger partial charge is 0.355 e. The van der Waals surface area contributed by atoms with Gasteiger partial charge in [-0.3, -0.25) is 4.79 Å². The van der Waals surface area contributed by atoms with Crippen LogP contribution >= 0.6 is 0 Å². The van der Waals surface area contributed by atoms with Crippen molar-refractivity contribution in [2.45, 2.75) is 53.0 Å². The normalized spacial score (nSPS) is 21.9. The fraction of sp³-hybridized carbons (Fsp3) is 0.938. The molecule has 0 aromatic heterocycles. The number of carbonyl (C=O) groups is 1. The van der Waals surface area contributed by atoms with Gasteiger partial charge in [0.05, 0.1) is 0 Å². The predicted molar refractivity (Wildman–Crippen MR) is 84.8 cm³/mol. The van der Waals surface area contributed by atoms with Crippen LogP contribution in [0.5, 0.6) is 0 Å². The molecule has 1 heterocycles. The Morgan fingerprint density at radius 3 is 2.70 bits per heavy atom. The molecule has 4 heteroatoms. The third-order valence-corrected chi connectivity index (χ3v) is 4.20. The van der Waals surface area contributed by atoms with Gasteiger partial charge in [0.15, 0.2) is 0 Å². The number of rotatable bonds is 8. The number of likely N-dealkylation sites (tertiary alicyclic amines) is 1. The second kappa shape index (κ2) is 9.35. The molecule has 4 nitrogen and oxygen atoms in total. The van der Waals surface area contributed by atoms with Crippen LogP contribution in [0.1, 0.15) is 47.0 Å². The fourth-order valence-electron chi connectivity index (χ4n) is 2.88. The van der Waals surface area contributed by atoms with Gasteiger partial charge in [0.25, 0.3) is 0 Å². The first-order valence-electron chi connectivity index (χ1n) is 8.28. The summed E-state index contributed by atoms with van der Waals surface area (Å²) in [5.74, 6) is 0.968. The van der Waals surface area contributed by atoms with E-state index in [4.69, 9.17) is 0 Å². The van der Waals surface area contributed by atoms with E-state index in [0.29, 0.717) is 6.04 Å². The van der Waals surface area contributed by atoms with Crippen LogP contribution in [0.2, 0.25) is 0 Å². The number of carbonyl (C=O) groups excluding carboxylic acids is 1. The molecule has 0 radical (unpaired) electrons. The van der Waals surface area contributed by atoms with Crippen molar-refractivity contribution in [3.8, 4) is 0 Å². The Morgan fingerprint density at radius 1 is 1.30 bits per heavy atom. The van der Waals surface area contributed by atoms with E-state index < -0.39 is 0 Å². The van der Waals surface area contributed by atoms with Crippen molar-refractivity contribution >= 4 is 5.91 Å². The van der Waals surface area contributed by atoms with Gasteiger partial charge in [0.2, 0.25) is 5.91 Å². The summed E-state index contributed by atoms with van der Waals surface area (Å²) >= 11 is 0.